The molecule has 3 N–H and O–H groups in total. The van der Waals surface area contributed by atoms with Gasteiger partial charge in [0.25, 0.3) is 5.95 Å². The van der Waals surface area contributed by atoms with E-state index in [1.54, 1.807) is 18.5 Å². The van der Waals surface area contributed by atoms with Crippen molar-refractivity contribution in [2.45, 2.75) is 32.3 Å². The van der Waals surface area contributed by atoms with Crippen LogP contribution >= 0.6 is 0 Å². The molecule has 1 amide bonds. The highest BCUT2D eigenvalue weighted by molar-refractivity contribution is 5.90. The van der Waals surface area contributed by atoms with Gasteiger partial charge in [0, 0.05) is 32.1 Å². The number of amides is 1. The van der Waals surface area contributed by atoms with E-state index in [9.17, 15) is 4.79 Å². The molecule has 0 spiro atoms. The third kappa shape index (κ3) is 4.33. The Morgan fingerprint density at radius 3 is 2.65 bits per heavy atom. The third-order valence-electron chi connectivity index (χ3n) is 3.34. The summed E-state index contributed by atoms with van der Waals surface area (Å²) in [6.45, 7) is 4.33. The number of hydrogen-bond donors (Lipinski definition) is 2. The Morgan fingerprint density at radius 1 is 1.39 bits per heavy atom. The van der Waals surface area contributed by atoms with Gasteiger partial charge in [0.15, 0.2) is 0 Å². The summed E-state index contributed by atoms with van der Waals surface area (Å²) in [7, 11) is 1.53. The van der Waals surface area contributed by atoms with Crippen LogP contribution in [0.5, 0.6) is 0 Å². The van der Waals surface area contributed by atoms with Crippen LogP contribution in [0.3, 0.4) is 0 Å². The largest absolute Gasteiger partial charge is 0.380 e. The lowest BCUT2D eigenvalue weighted by atomic mass is 10.1. The Balaban J connectivity index is 2.25. The minimum Gasteiger partial charge on any atom is -0.380 e. The summed E-state index contributed by atoms with van der Waals surface area (Å²) in [4.78, 5) is 20.5. The minimum absolute atomic E-state index is 0.171. The molecule has 0 aliphatic carbocycles. The second-order valence-corrected chi connectivity index (χ2v) is 5.42. The monoisotopic (exact) mass is 318 g/mol. The molecule has 8 nitrogen and oxygen atoms in total. The predicted molar refractivity (Wildman–Crippen MR) is 86.3 cm³/mol. The lowest BCUT2D eigenvalue weighted by Crippen LogP contribution is -2.28. The quantitative estimate of drug-likeness (QED) is 0.791. The van der Waals surface area contributed by atoms with Gasteiger partial charge >= 0.3 is 0 Å². The van der Waals surface area contributed by atoms with Gasteiger partial charge in [-0.05, 0) is 12.0 Å². The standard InChI is InChI=1S/C15H22N6O2/c1-10(2)12-8-13(19-14(22)7-11(9-16)23-3)21(20-12)15-17-5-4-6-18-15/h4-6,8,10-11H,7,9,16H2,1-3H3,(H,19,22). The van der Waals surface area contributed by atoms with Crippen molar-refractivity contribution in [3.63, 3.8) is 0 Å². The van der Waals surface area contributed by atoms with Crippen molar-refractivity contribution >= 4 is 11.7 Å². The van der Waals surface area contributed by atoms with Crippen molar-refractivity contribution in [1.82, 2.24) is 19.7 Å². The smallest absolute Gasteiger partial charge is 0.252 e. The molecule has 0 radical (unpaired) electrons. The molecular formula is C15H22N6O2. The predicted octanol–water partition coefficient (Wildman–Crippen LogP) is 1.09. The summed E-state index contributed by atoms with van der Waals surface area (Å²) in [6, 6.07) is 3.54. The number of ether oxygens (including phenoxy) is 1. The summed E-state index contributed by atoms with van der Waals surface area (Å²) in [6.07, 6.45) is 3.11. The molecule has 2 rings (SSSR count). The maximum atomic E-state index is 12.2. The van der Waals surface area contributed by atoms with E-state index in [0.717, 1.165) is 5.69 Å². The van der Waals surface area contributed by atoms with Crippen LogP contribution in [0, 0.1) is 0 Å². The van der Waals surface area contributed by atoms with Crippen LogP contribution in [0.1, 0.15) is 31.9 Å². The maximum absolute atomic E-state index is 12.2. The average Bonchev–Trinajstić information content (AvgIpc) is 2.97. The van der Waals surface area contributed by atoms with Crippen LogP contribution in [0.25, 0.3) is 5.95 Å². The van der Waals surface area contributed by atoms with Gasteiger partial charge in [-0.15, -0.1) is 0 Å². The van der Waals surface area contributed by atoms with Crippen LogP contribution < -0.4 is 11.1 Å². The van der Waals surface area contributed by atoms with Gasteiger partial charge in [-0.25, -0.2) is 9.97 Å². The number of methoxy groups -OCH3 is 1. The number of nitrogens with two attached hydrogens (primary N) is 1. The number of carbonyl (C=O) groups is 1. The minimum atomic E-state index is -0.316. The molecule has 124 valence electrons. The van der Waals surface area contributed by atoms with E-state index >= 15 is 0 Å². The Bertz CT molecular complexity index is 637. The van der Waals surface area contributed by atoms with E-state index in [1.165, 1.54) is 11.8 Å². The summed E-state index contributed by atoms with van der Waals surface area (Å²) in [5, 5.41) is 7.30. The lowest BCUT2D eigenvalue weighted by molar-refractivity contribution is -0.118. The Morgan fingerprint density at radius 2 is 2.09 bits per heavy atom. The number of nitrogens with one attached hydrogen (secondary N) is 1. The first-order valence-electron chi connectivity index (χ1n) is 7.45. The van der Waals surface area contributed by atoms with E-state index in [4.69, 9.17) is 10.5 Å². The highest BCUT2D eigenvalue weighted by Gasteiger charge is 2.17. The second-order valence-electron chi connectivity index (χ2n) is 5.42. The van der Waals surface area contributed by atoms with Crippen LogP contribution in [0.4, 0.5) is 5.82 Å². The first-order chi connectivity index (χ1) is 11.0. The van der Waals surface area contributed by atoms with Crippen molar-refractivity contribution in [2.75, 3.05) is 19.0 Å². The van der Waals surface area contributed by atoms with Crippen LogP contribution in [0.15, 0.2) is 24.5 Å². The molecule has 23 heavy (non-hydrogen) atoms. The van der Waals surface area contributed by atoms with Gasteiger partial charge in [0.1, 0.15) is 5.82 Å². The van der Waals surface area contributed by atoms with Gasteiger partial charge in [0.05, 0.1) is 18.2 Å². The van der Waals surface area contributed by atoms with E-state index in [2.05, 4.69) is 20.4 Å². The van der Waals surface area contributed by atoms with Crippen molar-refractivity contribution in [1.29, 1.82) is 0 Å². The van der Waals surface area contributed by atoms with Crippen LogP contribution in [0.2, 0.25) is 0 Å². The highest BCUT2D eigenvalue weighted by Crippen LogP contribution is 2.20. The molecule has 0 fully saturated rings. The molecule has 0 saturated carbocycles. The van der Waals surface area contributed by atoms with Crippen molar-refractivity contribution in [3.8, 4) is 5.95 Å². The van der Waals surface area contributed by atoms with E-state index < -0.39 is 0 Å². The summed E-state index contributed by atoms with van der Waals surface area (Å²) in [5.74, 6) is 0.939. The van der Waals surface area contributed by atoms with Crippen LogP contribution in [-0.4, -0.2) is 45.4 Å². The van der Waals surface area contributed by atoms with E-state index in [1.807, 2.05) is 19.9 Å². The van der Waals surface area contributed by atoms with Gasteiger partial charge in [-0.1, -0.05) is 13.8 Å². The number of hydrogen-bond acceptors (Lipinski definition) is 6. The molecule has 0 aliphatic heterocycles. The van der Waals surface area contributed by atoms with Gasteiger partial charge in [-0.2, -0.15) is 9.78 Å². The number of aromatic nitrogens is 4. The topological polar surface area (TPSA) is 108 Å². The zero-order chi connectivity index (χ0) is 16.8. The average molecular weight is 318 g/mol. The molecule has 8 heteroatoms. The maximum Gasteiger partial charge on any atom is 0.252 e. The third-order valence-corrected chi connectivity index (χ3v) is 3.34. The molecule has 2 aromatic rings. The molecular weight excluding hydrogens is 296 g/mol. The van der Waals surface area contributed by atoms with Crippen molar-refractivity contribution in [2.24, 2.45) is 5.73 Å². The summed E-state index contributed by atoms with van der Waals surface area (Å²) < 4.78 is 6.66. The molecule has 1 atom stereocenters. The fourth-order valence-electron chi connectivity index (χ4n) is 1.99. The zero-order valence-electron chi connectivity index (χ0n) is 13.6. The number of anilines is 1. The Hall–Kier alpha value is -2.32. The summed E-state index contributed by atoms with van der Waals surface area (Å²) in [5.41, 5.74) is 6.39. The molecule has 0 aromatic carbocycles. The van der Waals surface area contributed by atoms with Gasteiger partial charge < -0.3 is 15.8 Å². The SMILES string of the molecule is COC(CN)CC(=O)Nc1cc(C(C)C)nn1-c1ncccn1. The fourth-order valence-corrected chi connectivity index (χ4v) is 1.99. The number of rotatable bonds is 7. The first-order valence-corrected chi connectivity index (χ1v) is 7.45. The molecule has 2 heterocycles. The number of nitrogens with zero attached hydrogens (tertiary/aromatic N) is 4. The molecule has 0 aliphatic rings. The van der Waals surface area contributed by atoms with Gasteiger partial charge in [0.2, 0.25) is 5.91 Å². The van der Waals surface area contributed by atoms with Gasteiger partial charge in [-0.3, -0.25) is 4.79 Å². The second kappa shape index (κ2) is 7.80. The first kappa shape index (κ1) is 17.0. The van der Waals surface area contributed by atoms with Crippen molar-refractivity contribution < 1.29 is 9.53 Å². The zero-order valence-corrected chi connectivity index (χ0v) is 13.6. The van der Waals surface area contributed by atoms with E-state index in [0.29, 0.717) is 11.8 Å². The fraction of sp³-hybridized carbons (Fsp3) is 0.467. The molecule has 0 saturated heterocycles. The Kier molecular flexibility index (Phi) is 5.78. The van der Waals surface area contributed by atoms with E-state index in [-0.39, 0.29) is 30.9 Å². The summed E-state index contributed by atoms with van der Waals surface area (Å²) >= 11 is 0. The lowest BCUT2D eigenvalue weighted by Gasteiger charge is -2.12. The normalized spacial score (nSPS) is 12.4. The molecule has 2 aromatic heterocycles. The Labute approximate surface area is 135 Å². The highest BCUT2D eigenvalue weighted by atomic mass is 16.5. The van der Waals surface area contributed by atoms with Crippen molar-refractivity contribution in [3.05, 3.63) is 30.2 Å². The molecule has 1 unspecified atom stereocenters. The molecule has 0 bridgehead atoms. The van der Waals surface area contributed by atoms with Crippen LogP contribution in [-0.2, 0) is 9.53 Å². The number of carbonyl (C=O) groups excluding carboxylic acids is 1.